The molecule has 0 aliphatic heterocycles. The number of esters is 1. The number of hydrogen-bond acceptors (Lipinski definition) is 3. The molecule has 1 saturated carbocycles. The zero-order chi connectivity index (χ0) is 12.4. The van der Waals surface area contributed by atoms with Crippen LogP contribution in [0, 0.1) is 23.7 Å². The molecule has 5 unspecified atom stereocenters. The molecule has 2 aliphatic carbocycles. The average Bonchev–Trinajstić information content (AvgIpc) is 2.84. The molecule has 2 rings (SSSR count). The first-order valence-corrected chi connectivity index (χ1v) is 6.66. The van der Waals surface area contributed by atoms with Gasteiger partial charge in [0.05, 0.1) is 18.6 Å². The van der Waals surface area contributed by atoms with Gasteiger partial charge in [-0.2, -0.15) is 0 Å². The average molecular weight is 238 g/mol. The zero-order valence-corrected chi connectivity index (χ0v) is 10.6. The van der Waals surface area contributed by atoms with E-state index in [1.54, 1.807) is 0 Å². The van der Waals surface area contributed by atoms with Gasteiger partial charge < -0.3 is 9.84 Å². The summed E-state index contributed by atoms with van der Waals surface area (Å²) in [5.74, 6) is 0.540. The number of rotatable bonds is 5. The SMILES string of the molecule is CCC(C)CCOC(=O)C1CC2C=CC1C2O. The zero-order valence-electron chi connectivity index (χ0n) is 10.6. The highest BCUT2D eigenvalue weighted by molar-refractivity contribution is 5.74. The fourth-order valence-electron chi connectivity index (χ4n) is 2.75. The molecule has 2 bridgehead atoms. The standard InChI is InChI=1S/C14H22O3/c1-3-9(2)6-7-17-14(16)12-8-10-4-5-11(12)13(10)15/h4-5,9-13,15H,3,6-8H2,1-2H3. The summed E-state index contributed by atoms with van der Waals surface area (Å²) in [4.78, 5) is 11.9. The van der Waals surface area contributed by atoms with Crippen LogP contribution in [0.5, 0.6) is 0 Å². The fourth-order valence-corrected chi connectivity index (χ4v) is 2.75. The smallest absolute Gasteiger partial charge is 0.309 e. The van der Waals surface area contributed by atoms with Crippen molar-refractivity contribution in [3.63, 3.8) is 0 Å². The Morgan fingerprint density at radius 1 is 1.53 bits per heavy atom. The van der Waals surface area contributed by atoms with Gasteiger partial charge in [0.25, 0.3) is 0 Å². The van der Waals surface area contributed by atoms with Gasteiger partial charge in [-0.1, -0.05) is 32.4 Å². The molecule has 2 aliphatic rings. The molecule has 17 heavy (non-hydrogen) atoms. The molecule has 0 radical (unpaired) electrons. The maximum Gasteiger partial charge on any atom is 0.309 e. The quantitative estimate of drug-likeness (QED) is 0.589. The minimum atomic E-state index is -0.359. The summed E-state index contributed by atoms with van der Waals surface area (Å²) in [6.45, 7) is 4.82. The monoisotopic (exact) mass is 238 g/mol. The Hall–Kier alpha value is -0.830. The van der Waals surface area contributed by atoms with Gasteiger partial charge in [0, 0.05) is 11.8 Å². The van der Waals surface area contributed by atoms with E-state index in [2.05, 4.69) is 13.8 Å². The Morgan fingerprint density at radius 3 is 2.82 bits per heavy atom. The molecule has 0 heterocycles. The second kappa shape index (κ2) is 5.21. The lowest BCUT2D eigenvalue weighted by Gasteiger charge is -2.17. The van der Waals surface area contributed by atoms with Crippen molar-refractivity contribution in [1.29, 1.82) is 0 Å². The number of ether oxygens (including phenoxy) is 1. The lowest BCUT2D eigenvalue weighted by Crippen LogP contribution is -2.25. The molecule has 3 heteroatoms. The molecule has 0 aromatic carbocycles. The molecule has 0 aromatic rings. The second-order valence-electron chi connectivity index (χ2n) is 5.43. The highest BCUT2D eigenvalue weighted by Gasteiger charge is 2.47. The van der Waals surface area contributed by atoms with Crippen LogP contribution < -0.4 is 0 Å². The van der Waals surface area contributed by atoms with Crippen LogP contribution in [-0.4, -0.2) is 23.8 Å². The lowest BCUT2D eigenvalue weighted by molar-refractivity contribution is -0.150. The number of fused-ring (bicyclic) bond motifs is 2. The highest BCUT2D eigenvalue weighted by Crippen LogP contribution is 2.44. The van der Waals surface area contributed by atoms with Crippen molar-refractivity contribution >= 4 is 5.97 Å². The highest BCUT2D eigenvalue weighted by atomic mass is 16.5. The number of aliphatic hydroxyl groups excluding tert-OH is 1. The molecule has 0 amide bonds. The molecule has 1 fully saturated rings. The van der Waals surface area contributed by atoms with Crippen molar-refractivity contribution in [3.8, 4) is 0 Å². The molecule has 3 nitrogen and oxygen atoms in total. The third-order valence-electron chi connectivity index (χ3n) is 4.26. The number of aliphatic hydroxyl groups is 1. The van der Waals surface area contributed by atoms with Gasteiger partial charge >= 0.3 is 5.97 Å². The van der Waals surface area contributed by atoms with E-state index < -0.39 is 0 Å². The Labute approximate surface area is 103 Å². The fraction of sp³-hybridized carbons (Fsp3) is 0.786. The summed E-state index contributed by atoms with van der Waals surface area (Å²) in [6.07, 6.45) is 6.44. The Morgan fingerprint density at radius 2 is 2.29 bits per heavy atom. The maximum atomic E-state index is 11.9. The summed E-state index contributed by atoms with van der Waals surface area (Å²) in [5.41, 5.74) is 0. The van der Waals surface area contributed by atoms with Crippen LogP contribution in [0.2, 0.25) is 0 Å². The van der Waals surface area contributed by atoms with Crippen molar-refractivity contribution < 1.29 is 14.6 Å². The van der Waals surface area contributed by atoms with E-state index in [9.17, 15) is 9.90 Å². The third kappa shape index (κ3) is 2.54. The van der Waals surface area contributed by atoms with Gasteiger partial charge in [-0.05, 0) is 18.8 Å². The van der Waals surface area contributed by atoms with Crippen molar-refractivity contribution in [3.05, 3.63) is 12.2 Å². The van der Waals surface area contributed by atoms with E-state index in [4.69, 9.17) is 4.74 Å². The van der Waals surface area contributed by atoms with Crippen LogP contribution >= 0.6 is 0 Å². The molecule has 0 saturated heterocycles. The summed E-state index contributed by atoms with van der Waals surface area (Å²) in [5, 5.41) is 9.83. The van der Waals surface area contributed by atoms with Gasteiger partial charge in [0.2, 0.25) is 0 Å². The van der Waals surface area contributed by atoms with Gasteiger partial charge in [-0.3, -0.25) is 4.79 Å². The largest absolute Gasteiger partial charge is 0.465 e. The van der Waals surface area contributed by atoms with E-state index in [0.717, 1.165) is 19.3 Å². The van der Waals surface area contributed by atoms with E-state index in [1.807, 2.05) is 12.2 Å². The number of hydrogen-bond donors (Lipinski definition) is 1. The first kappa shape index (κ1) is 12.6. The van der Waals surface area contributed by atoms with Crippen LogP contribution in [0.4, 0.5) is 0 Å². The van der Waals surface area contributed by atoms with E-state index in [-0.39, 0.29) is 29.8 Å². The van der Waals surface area contributed by atoms with Gasteiger partial charge in [0.1, 0.15) is 0 Å². The van der Waals surface area contributed by atoms with Crippen LogP contribution in [0.3, 0.4) is 0 Å². The molecule has 1 N–H and O–H groups in total. The summed E-state index contributed by atoms with van der Waals surface area (Å²) >= 11 is 0. The predicted molar refractivity (Wildman–Crippen MR) is 65.3 cm³/mol. The summed E-state index contributed by atoms with van der Waals surface area (Å²) < 4.78 is 5.32. The van der Waals surface area contributed by atoms with Crippen LogP contribution in [0.15, 0.2) is 12.2 Å². The summed E-state index contributed by atoms with van der Waals surface area (Å²) in [7, 11) is 0. The molecular weight excluding hydrogens is 216 g/mol. The Bertz CT molecular complexity index is 311. The van der Waals surface area contributed by atoms with Crippen molar-refractivity contribution in [1.82, 2.24) is 0 Å². The van der Waals surface area contributed by atoms with Crippen molar-refractivity contribution in [2.45, 2.75) is 39.2 Å². The second-order valence-corrected chi connectivity index (χ2v) is 5.43. The van der Waals surface area contributed by atoms with Crippen LogP contribution in [0.25, 0.3) is 0 Å². The molecule has 0 aromatic heterocycles. The normalized spacial score (nSPS) is 36.2. The van der Waals surface area contributed by atoms with E-state index in [1.165, 1.54) is 0 Å². The maximum absolute atomic E-state index is 11.9. The Kier molecular flexibility index (Phi) is 3.87. The summed E-state index contributed by atoms with van der Waals surface area (Å²) in [6, 6.07) is 0. The number of carbonyl (C=O) groups is 1. The predicted octanol–water partition coefficient (Wildman–Crippen LogP) is 2.15. The molecule has 0 spiro atoms. The first-order chi connectivity index (χ1) is 8.13. The lowest BCUT2D eigenvalue weighted by atomic mass is 9.93. The minimum absolute atomic E-state index is 0.00361. The Balaban J connectivity index is 1.76. The van der Waals surface area contributed by atoms with Gasteiger partial charge in [-0.25, -0.2) is 0 Å². The number of carbonyl (C=O) groups excluding carboxylic acids is 1. The topological polar surface area (TPSA) is 46.5 Å². The van der Waals surface area contributed by atoms with E-state index >= 15 is 0 Å². The van der Waals surface area contributed by atoms with Gasteiger partial charge in [0.15, 0.2) is 0 Å². The van der Waals surface area contributed by atoms with Crippen LogP contribution in [-0.2, 0) is 9.53 Å². The molecule has 5 atom stereocenters. The van der Waals surface area contributed by atoms with Crippen molar-refractivity contribution in [2.75, 3.05) is 6.61 Å². The van der Waals surface area contributed by atoms with E-state index in [0.29, 0.717) is 12.5 Å². The van der Waals surface area contributed by atoms with Crippen LogP contribution in [0.1, 0.15) is 33.1 Å². The molecular formula is C14H22O3. The third-order valence-corrected chi connectivity index (χ3v) is 4.26. The molecule has 96 valence electrons. The van der Waals surface area contributed by atoms with Gasteiger partial charge in [-0.15, -0.1) is 0 Å². The minimum Gasteiger partial charge on any atom is -0.465 e. The first-order valence-electron chi connectivity index (χ1n) is 6.66. The van der Waals surface area contributed by atoms with Crippen molar-refractivity contribution in [2.24, 2.45) is 23.7 Å².